The highest BCUT2D eigenvalue weighted by atomic mass is 16.5. The van der Waals surface area contributed by atoms with E-state index < -0.39 is 58.0 Å². The quantitative estimate of drug-likeness (QED) is 0.348. The summed E-state index contributed by atoms with van der Waals surface area (Å²) in [5.41, 5.74) is 4.44. The predicted molar refractivity (Wildman–Crippen MR) is 138 cm³/mol. The van der Waals surface area contributed by atoms with Crippen LogP contribution in [0.4, 0.5) is 0 Å². The Bertz CT molecular complexity index is 1490. The van der Waals surface area contributed by atoms with E-state index in [2.05, 4.69) is 4.98 Å². The van der Waals surface area contributed by atoms with E-state index >= 15 is 0 Å². The number of benzene rings is 1. The molecule has 6 N–H and O–H groups in total. The van der Waals surface area contributed by atoms with Crippen LogP contribution in [0.3, 0.4) is 0 Å². The highest BCUT2D eigenvalue weighted by molar-refractivity contribution is 6.24. The SMILES string of the molecule is COCc1cncc(-c2ccc(O)c3c2C[C@@H]2C[C@@H]4[C@@H](N(C)C)C(=O)C(C(N)=O)=C(O)[C@]4(O)C(=O)C2=C3O)c1. The fourth-order valence-corrected chi connectivity index (χ4v) is 6.39. The van der Waals surface area contributed by atoms with Crippen molar-refractivity contribution in [1.29, 1.82) is 0 Å². The Morgan fingerprint density at radius 1 is 1.21 bits per heavy atom. The van der Waals surface area contributed by atoms with Gasteiger partial charge in [-0.25, -0.2) is 0 Å². The first-order valence-corrected chi connectivity index (χ1v) is 12.4. The van der Waals surface area contributed by atoms with Crippen LogP contribution in [0.2, 0.25) is 0 Å². The normalized spacial score (nSPS) is 26.4. The first-order chi connectivity index (χ1) is 18.4. The van der Waals surface area contributed by atoms with Crippen molar-refractivity contribution in [3.05, 3.63) is 64.2 Å². The predicted octanol–water partition coefficient (Wildman–Crippen LogP) is 1.17. The number of ketones is 2. The minimum atomic E-state index is -2.67. The van der Waals surface area contributed by atoms with Crippen LogP contribution >= 0.6 is 0 Å². The van der Waals surface area contributed by atoms with E-state index in [-0.39, 0.29) is 29.7 Å². The number of carbonyl (C=O) groups excluding carboxylic acids is 3. The number of fused-ring (bicyclic) bond motifs is 3. The molecule has 1 aromatic carbocycles. The summed E-state index contributed by atoms with van der Waals surface area (Å²) in [7, 11) is 4.68. The molecule has 39 heavy (non-hydrogen) atoms. The summed E-state index contributed by atoms with van der Waals surface area (Å²) in [4.78, 5) is 45.0. The number of methoxy groups -OCH3 is 1. The van der Waals surface area contributed by atoms with Gasteiger partial charge in [-0.1, -0.05) is 6.07 Å². The summed E-state index contributed by atoms with van der Waals surface area (Å²) in [6.45, 7) is 0.331. The summed E-state index contributed by atoms with van der Waals surface area (Å²) in [6.07, 6.45) is 3.51. The number of amides is 1. The Morgan fingerprint density at radius 3 is 2.56 bits per heavy atom. The number of phenolic OH excluding ortho intramolecular Hbond substituents is 1. The minimum Gasteiger partial charge on any atom is -0.508 e. The molecule has 11 nitrogen and oxygen atoms in total. The molecule has 0 bridgehead atoms. The lowest BCUT2D eigenvalue weighted by Gasteiger charge is -2.50. The van der Waals surface area contributed by atoms with Gasteiger partial charge in [0.05, 0.1) is 18.2 Å². The van der Waals surface area contributed by atoms with Gasteiger partial charge < -0.3 is 30.9 Å². The van der Waals surface area contributed by atoms with Gasteiger partial charge in [-0.2, -0.15) is 0 Å². The lowest BCUT2D eigenvalue weighted by molar-refractivity contribution is -0.153. The molecule has 5 rings (SSSR count). The summed E-state index contributed by atoms with van der Waals surface area (Å²) in [5, 5.41) is 44.8. The Labute approximate surface area is 223 Å². The van der Waals surface area contributed by atoms with Gasteiger partial charge in [-0.3, -0.25) is 24.3 Å². The number of phenols is 1. The molecule has 204 valence electrons. The third-order valence-corrected chi connectivity index (χ3v) is 8.02. The van der Waals surface area contributed by atoms with E-state index in [0.717, 1.165) is 5.56 Å². The second kappa shape index (κ2) is 9.30. The Hall–Kier alpha value is -4.06. The molecule has 3 aliphatic carbocycles. The largest absolute Gasteiger partial charge is 0.508 e. The summed E-state index contributed by atoms with van der Waals surface area (Å²) in [5.74, 6) is -6.83. The van der Waals surface area contributed by atoms with Crippen LogP contribution in [0.1, 0.15) is 23.1 Å². The molecule has 0 aliphatic heterocycles. The number of aromatic hydroxyl groups is 1. The number of ether oxygens (including phenoxy) is 1. The van der Waals surface area contributed by atoms with Crippen molar-refractivity contribution < 1.29 is 39.5 Å². The number of nitrogens with two attached hydrogens (primary N) is 1. The molecule has 1 amide bonds. The van der Waals surface area contributed by atoms with Crippen molar-refractivity contribution >= 4 is 23.2 Å². The molecule has 2 aromatic rings. The van der Waals surface area contributed by atoms with Crippen LogP contribution < -0.4 is 5.73 Å². The summed E-state index contributed by atoms with van der Waals surface area (Å²) < 4.78 is 5.21. The van der Waals surface area contributed by atoms with Gasteiger partial charge in [-0.05, 0) is 61.7 Å². The standard InChI is InChI=1S/C28H29N3O8/c1-31(2)22-17-8-13-7-16-15(14-6-12(11-39-3)9-30-10-14)4-5-18(32)20(16)23(33)19(13)25(35)28(17,38)26(36)21(24(22)34)27(29)37/h4-6,9-10,13,17,22,32-33,36,38H,7-8,11H2,1-3H3,(H2,29,37)/t13-,17-,22-,28-/m1/s1. The average molecular weight is 536 g/mol. The second-order valence-electron chi connectivity index (χ2n) is 10.5. The molecular formula is C28H29N3O8. The van der Waals surface area contributed by atoms with Gasteiger partial charge in [0.25, 0.3) is 5.91 Å². The molecule has 11 heteroatoms. The van der Waals surface area contributed by atoms with Crippen LogP contribution in [0.5, 0.6) is 5.75 Å². The van der Waals surface area contributed by atoms with E-state index in [4.69, 9.17) is 10.5 Å². The smallest absolute Gasteiger partial charge is 0.255 e. The van der Waals surface area contributed by atoms with Crippen molar-refractivity contribution in [2.45, 2.75) is 31.1 Å². The number of rotatable bonds is 5. The van der Waals surface area contributed by atoms with E-state index in [1.165, 1.54) is 11.0 Å². The second-order valence-corrected chi connectivity index (χ2v) is 10.5. The Balaban J connectivity index is 1.72. The molecule has 0 radical (unpaired) electrons. The zero-order valence-corrected chi connectivity index (χ0v) is 21.6. The number of primary amides is 1. The van der Waals surface area contributed by atoms with E-state index in [9.17, 15) is 34.8 Å². The summed E-state index contributed by atoms with van der Waals surface area (Å²) in [6, 6.07) is 3.83. The third-order valence-electron chi connectivity index (χ3n) is 8.02. The monoisotopic (exact) mass is 535 g/mol. The number of hydrogen-bond acceptors (Lipinski definition) is 10. The van der Waals surface area contributed by atoms with Crippen LogP contribution in [0, 0.1) is 11.8 Å². The van der Waals surface area contributed by atoms with Crippen LogP contribution in [0.15, 0.2) is 47.5 Å². The highest BCUT2D eigenvalue weighted by Crippen LogP contribution is 2.53. The number of nitrogens with zero attached hydrogens (tertiary/aromatic N) is 2. The third kappa shape index (κ3) is 3.76. The molecule has 4 atom stereocenters. The van der Waals surface area contributed by atoms with Crippen molar-refractivity contribution in [2.75, 3.05) is 21.2 Å². The first-order valence-electron chi connectivity index (χ1n) is 12.4. The number of likely N-dealkylation sites (N-methyl/N-ethyl adjacent to an activating group) is 1. The minimum absolute atomic E-state index is 0.0167. The molecule has 1 heterocycles. The molecule has 3 aliphatic rings. The molecule has 1 saturated carbocycles. The molecule has 0 saturated heterocycles. The van der Waals surface area contributed by atoms with E-state index in [1.54, 1.807) is 39.7 Å². The zero-order chi connectivity index (χ0) is 28.4. The number of aliphatic hydroxyl groups is 3. The van der Waals surface area contributed by atoms with E-state index in [1.807, 2.05) is 6.07 Å². The number of pyridine rings is 1. The molecule has 0 unspecified atom stereocenters. The van der Waals surface area contributed by atoms with Crippen molar-refractivity contribution in [1.82, 2.24) is 9.88 Å². The van der Waals surface area contributed by atoms with Crippen LogP contribution in [-0.4, -0.2) is 80.6 Å². The Kier molecular flexibility index (Phi) is 6.33. The van der Waals surface area contributed by atoms with Crippen LogP contribution in [0.25, 0.3) is 16.9 Å². The maximum Gasteiger partial charge on any atom is 0.255 e. The van der Waals surface area contributed by atoms with Gasteiger partial charge in [0.15, 0.2) is 11.4 Å². The lowest BCUT2D eigenvalue weighted by atomic mass is 9.57. The lowest BCUT2D eigenvalue weighted by Crippen LogP contribution is -2.65. The average Bonchev–Trinajstić information content (AvgIpc) is 2.86. The van der Waals surface area contributed by atoms with Crippen molar-refractivity contribution in [2.24, 2.45) is 17.6 Å². The number of Topliss-reactive ketones (excluding diaryl/α,β-unsaturated/α-hetero) is 2. The fourth-order valence-electron chi connectivity index (χ4n) is 6.39. The summed E-state index contributed by atoms with van der Waals surface area (Å²) >= 11 is 0. The van der Waals surface area contributed by atoms with E-state index in [0.29, 0.717) is 23.3 Å². The number of carbonyl (C=O) groups is 3. The topological polar surface area (TPSA) is 184 Å². The van der Waals surface area contributed by atoms with Gasteiger partial charge in [-0.15, -0.1) is 0 Å². The van der Waals surface area contributed by atoms with Gasteiger partial charge >= 0.3 is 0 Å². The highest BCUT2D eigenvalue weighted by Gasteiger charge is 2.64. The number of hydrogen-bond donors (Lipinski definition) is 5. The molecule has 1 aromatic heterocycles. The van der Waals surface area contributed by atoms with Gasteiger partial charge in [0, 0.05) is 36.6 Å². The maximum absolute atomic E-state index is 13.9. The maximum atomic E-state index is 13.9. The van der Waals surface area contributed by atoms with Crippen molar-refractivity contribution in [3.8, 4) is 16.9 Å². The Morgan fingerprint density at radius 2 is 1.92 bits per heavy atom. The first kappa shape index (κ1) is 26.5. The zero-order valence-electron chi connectivity index (χ0n) is 21.6. The number of aliphatic hydroxyl groups excluding tert-OH is 2. The fraction of sp³-hybridized carbons (Fsp3) is 0.357. The molecule has 1 fully saturated rings. The molecule has 0 spiro atoms. The van der Waals surface area contributed by atoms with Gasteiger partial charge in [0.2, 0.25) is 5.78 Å². The van der Waals surface area contributed by atoms with Gasteiger partial charge in [0.1, 0.15) is 22.8 Å². The van der Waals surface area contributed by atoms with Crippen molar-refractivity contribution in [3.63, 3.8) is 0 Å². The van der Waals surface area contributed by atoms with Crippen LogP contribution in [-0.2, 0) is 32.1 Å². The molecular weight excluding hydrogens is 506 g/mol. The number of aromatic nitrogens is 1.